The molecule has 5 heteroatoms. The number of hydrogen-bond donors (Lipinski definition) is 1. The number of rotatable bonds is 8. The summed E-state index contributed by atoms with van der Waals surface area (Å²) >= 11 is 1.67. The van der Waals surface area contributed by atoms with Crippen molar-refractivity contribution in [3.8, 4) is 0 Å². The van der Waals surface area contributed by atoms with E-state index in [0.717, 1.165) is 13.0 Å². The minimum Gasteiger partial charge on any atom is -0.465 e. The van der Waals surface area contributed by atoms with E-state index in [2.05, 4.69) is 6.92 Å². The lowest BCUT2D eigenvalue weighted by molar-refractivity contribution is -0.144. The minimum absolute atomic E-state index is 0.316. The standard InChI is InChI=1S/C10H21NO3S/c1-4-14-10(12)9(11)7-15-8(2)5-6-13-3/h8-9H,4-7,11H2,1-3H3. The van der Waals surface area contributed by atoms with Gasteiger partial charge in [-0.2, -0.15) is 11.8 Å². The molecular weight excluding hydrogens is 214 g/mol. The van der Waals surface area contributed by atoms with Crippen LogP contribution in [0.4, 0.5) is 0 Å². The van der Waals surface area contributed by atoms with Crippen molar-refractivity contribution < 1.29 is 14.3 Å². The Morgan fingerprint density at radius 2 is 2.20 bits per heavy atom. The molecule has 0 radical (unpaired) electrons. The first-order valence-electron chi connectivity index (χ1n) is 5.14. The maximum absolute atomic E-state index is 11.2. The summed E-state index contributed by atoms with van der Waals surface area (Å²) in [5, 5.41) is 0.449. The van der Waals surface area contributed by atoms with Crippen LogP contribution in [0.1, 0.15) is 20.3 Å². The van der Waals surface area contributed by atoms with E-state index < -0.39 is 6.04 Å². The Labute approximate surface area is 95.9 Å². The van der Waals surface area contributed by atoms with Gasteiger partial charge in [0.2, 0.25) is 0 Å². The van der Waals surface area contributed by atoms with Gasteiger partial charge < -0.3 is 15.2 Å². The van der Waals surface area contributed by atoms with Crippen molar-refractivity contribution >= 4 is 17.7 Å². The van der Waals surface area contributed by atoms with Crippen LogP contribution in [0.2, 0.25) is 0 Å². The molecule has 2 N–H and O–H groups in total. The van der Waals surface area contributed by atoms with Gasteiger partial charge in [0.05, 0.1) is 6.61 Å². The van der Waals surface area contributed by atoms with E-state index in [1.165, 1.54) is 0 Å². The SMILES string of the molecule is CCOC(=O)C(N)CSC(C)CCOC. The van der Waals surface area contributed by atoms with Crippen LogP contribution in [0, 0.1) is 0 Å². The van der Waals surface area contributed by atoms with Gasteiger partial charge in [0.15, 0.2) is 0 Å². The number of nitrogens with two attached hydrogens (primary N) is 1. The fourth-order valence-corrected chi connectivity index (χ4v) is 1.89. The third kappa shape index (κ3) is 7.64. The van der Waals surface area contributed by atoms with Gasteiger partial charge in [-0.1, -0.05) is 6.92 Å². The van der Waals surface area contributed by atoms with Crippen LogP contribution < -0.4 is 5.73 Å². The van der Waals surface area contributed by atoms with Crippen LogP contribution in [0.15, 0.2) is 0 Å². The number of esters is 1. The number of carbonyl (C=O) groups excluding carboxylic acids is 1. The molecule has 15 heavy (non-hydrogen) atoms. The fourth-order valence-electron chi connectivity index (χ4n) is 0.952. The zero-order valence-corrected chi connectivity index (χ0v) is 10.5. The number of methoxy groups -OCH3 is 1. The van der Waals surface area contributed by atoms with Crippen molar-refractivity contribution in [2.24, 2.45) is 5.73 Å². The number of carbonyl (C=O) groups is 1. The average Bonchev–Trinajstić information content (AvgIpc) is 2.23. The molecule has 0 aliphatic heterocycles. The van der Waals surface area contributed by atoms with Gasteiger partial charge in [-0.15, -0.1) is 0 Å². The summed E-state index contributed by atoms with van der Waals surface area (Å²) in [6.07, 6.45) is 0.969. The van der Waals surface area contributed by atoms with E-state index in [9.17, 15) is 4.79 Å². The van der Waals surface area contributed by atoms with Crippen LogP contribution in [0.5, 0.6) is 0 Å². The Bertz CT molecular complexity index is 178. The molecule has 0 amide bonds. The van der Waals surface area contributed by atoms with E-state index in [-0.39, 0.29) is 5.97 Å². The number of thioether (sulfide) groups is 1. The lowest BCUT2D eigenvalue weighted by Crippen LogP contribution is -2.35. The average molecular weight is 235 g/mol. The van der Waals surface area contributed by atoms with Gasteiger partial charge in [0.25, 0.3) is 0 Å². The molecule has 90 valence electrons. The molecule has 0 heterocycles. The van der Waals surface area contributed by atoms with Crippen LogP contribution in [-0.4, -0.2) is 43.3 Å². The highest BCUT2D eigenvalue weighted by molar-refractivity contribution is 7.99. The van der Waals surface area contributed by atoms with E-state index in [1.807, 2.05) is 0 Å². The van der Waals surface area contributed by atoms with Crippen LogP contribution in [0.25, 0.3) is 0 Å². The lowest BCUT2D eigenvalue weighted by atomic mass is 10.3. The largest absolute Gasteiger partial charge is 0.465 e. The molecule has 0 fully saturated rings. The molecule has 0 aliphatic rings. The molecule has 0 aliphatic carbocycles. The monoisotopic (exact) mass is 235 g/mol. The van der Waals surface area contributed by atoms with Crippen LogP contribution in [-0.2, 0) is 14.3 Å². The van der Waals surface area contributed by atoms with E-state index >= 15 is 0 Å². The second-order valence-electron chi connectivity index (χ2n) is 3.28. The Balaban J connectivity index is 3.60. The summed E-state index contributed by atoms with van der Waals surface area (Å²) < 4.78 is 9.78. The van der Waals surface area contributed by atoms with Crippen molar-refractivity contribution in [1.29, 1.82) is 0 Å². The second-order valence-corrected chi connectivity index (χ2v) is 4.76. The predicted molar refractivity (Wildman–Crippen MR) is 63.0 cm³/mol. The maximum Gasteiger partial charge on any atom is 0.323 e. The van der Waals surface area contributed by atoms with Crippen molar-refractivity contribution in [2.45, 2.75) is 31.6 Å². The minimum atomic E-state index is -0.514. The normalized spacial score (nSPS) is 14.7. The molecule has 0 aromatic carbocycles. The lowest BCUT2D eigenvalue weighted by Gasteiger charge is -2.14. The summed E-state index contributed by atoms with van der Waals surface area (Å²) in [5.41, 5.74) is 5.65. The van der Waals surface area contributed by atoms with Gasteiger partial charge in [-0.05, 0) is 13.3 Å². The Hall–Kier alpha value is -0.260. The van der Waals surface area contributed by atoms with Crippen LogP contribution in [0.3, 0.4) is 0 Å². The fraction of sp³-hybridized carbons (Fsp3) is 0.900. The quantitative estimate of drug-likeness (QED) is 0.637. The highest BCUT2D eigenvalue weighted by atomic mass is 32.2. The van der Waals surface area contributed by atoms with Crippen molar-refractivity contribution in [2.75, 3.05) is 26.1 Å². The van der Waals surface area contributed by atoms with Gasteiger partial charge in [-0.3, -0.25) is 4.79 Å². The van der Waals surface area contributed by atoms with Crippen molar-refractivity contribution in [1.82, 2.24) is 0 Å². The third-order valence-electron chi connectivity index (χ3n) is 1.88. The summed E-state index contributed by atoms with van der Waals surface area (Å²) in [5.74, 6) is 0.285. The second kappa shape index (κ2) is 9.00. The third-order valence-corrected chi connectivity index (χ3v) is 3.23. The van der Waals surface area contributed by atoms with Crippen molar-refractivity contribution in [3.63, 3.8) is 0 Å². The van der Waals surface area contributed by atoms with Gasteiger partial charge in [-0.25, -0.2) is 0 Å². The van der Waals surface area contributed by atoms with Gasteiger partial charge >= 0.3 is 5.97 Å². The molecule has 2 atom stereocenters. The molecule has 0 saturated carbocycles. The Kier molecular flexibility index (Phi) is 8.85. The summed E-state index contributed by atoms with van der Waals surface area (Å²) in [4.78, 5) is 11.2. The van der Waals surface area contributed by atoms with E-state index in [0.29, 0.717) is 17.6 Å². The molecule has 0 aromatic heterocycles. The maximum atomic E-state index is 11.2. The summed E-state index contributed by atoms with van der Waals surface area (Å²) in [6, 6.07) is -0.514. The van der Waals surface area contributed by atoms with E-state index in [4.69, 9.17) is 15.2 Å². The molecule has 0 saturated heterocycles. The molecule has 2 unspecified atom stereocenters. The number of hydrogen-bond acceptors (Lipinski definition) is 5. The Morgan fingerprint density at radius 3 is 2.73 bits per heavy atom. The highest BCUT2D eigenvalue weighted by Crippen LogP contribution is 2.14. The first kappa shape index (κ1) is 14.7. The van der Waals surface area contributed by atoms with Gasteiger partial charge in [0, 0.05) is 24.7 Å². The Morgan fingerprint density at radius 1 is 1.53 bits per heavy atom. The molecule has 4 nitrogen and oxygen atoms in total. The zero-order chi connectivity index (χ0) is 11.7. The molecule has 0 rings (SSSR count). The topological polar surface area (TPSA) is 61.5 Å². The molecule has 0 bridgehead atoms. The van der Waals surface area contributed by atoms with Crippen LogP contribution >= 0.6 is 11.8 Å². The molecular formula is C10H21NO3S. The zero-order valence-electron chi connectivity index (χ0n) is 9.69. The van der Waals surface area contributed by atoms with E-state index in [1.54, 1.807) is 25.8 Å². The summed E-state index contributed by atoms with van der Waals surface area (Å²) in [6.45, 7) is 5.00. The summed E-state index contributed by atoms with van der Waals surface area (Å²) in [7, 11) is 1.68. The molecule has 0 aromatic rings. The predicted octanol–water partition coefficient (Wildman–Crippen LogP) is 1.03. The first-order chi connectivity index (χ1) is 7.11. The highest BCUT2D eigenvalue weighted by Gasteiger charge is 2.15. The molecule has 0 spiro atoms. The van der Waals surface area contributed by atoms with Crippen molar-refractivity contribution in [3.05, 3.63) is 0 Å². The van der Waals surface area contributed by atoms with Gasteiger partial charge in [0.1, 0.15) is 6.04 Å². The number of ether oxygens (including phenoxy) is 2. The first-order valence-corrected chi connectivity index (χ1v) is 6.19. The smallest absolute Gasteiger partial charge is 0.323 e.